The van der Waals surface area contributed by atoms with Crippen LogP contribution in [0.2, 0.25) is 0 Å². The Labute approximate surface area is 108 Å². The maximum Gasteiger partial charge on any atom is 0.453 e. The SMILES string of the molecule is FC(F)(F)c1nnc2c(n1)CCNC2.O=CC(F)(F)F. The van der Waals surface area contributed by atoms with Crippen molar-refractivity contribution in [3.63, 3.8) is 0 Å². The summed E-state index contributed by atoms with van der Waals surface area (Å²) in [4.78, 5) is 12.1. The Hall–Kier alpha value is -1.78. The fourth-order valence-corrected chi connectivity index (χ4v) is 1.25. The second-order valence-corrected chi connectivity index (χ2v) is 3.61. The van der Waals surface area contributed by atoms with Crippen LogP contribution in [-0.2, 0) is 23.9 Å². The van der Waals surface area contributed by atoms with Gasteiger partial charge in [-0.25, -0.2) is 4.98 Å². The van der Waals surface area contributed by atoms with Crippen LogP contribution in [0, 0.1) is 0 Å². The topological polar surface area (TPSA) is 67.8 Å². The maximum absolute atomic E-state index is 12.2. The number of hydrogen-bond acceptors (Lipinski definition) is 5. The van der Waals surface area contributed by atoms with Crippen LogP contribution in [0.5, 0.6) is 0 Å². The summed E-state index contributed by atoms with van der Waals surface area (Å²) in [5, 5.41) is 9.50. The molecule has 0 fully saturated rings. The van der Waals surface area contributed by atoms with E-state index in [1.807, 2.05) is 0 Å². The molecule has 2 rings (SSSR count). The summed E-state index contributed by atoms with van der Waals surface area (Å²) in [5.41, 5.74) is 0.898. The predicted molar refractivity (Wildman–Crippen MR) is 52.4 cm³/mol. The molecule has 11 heteroatoms. The van der Waals surface area contributed by atoms with Gasteiger partial charge in [-0.2, -0.15) is 31.4 Å². The monoisotopic (exact) mass is 302 g/mol. The molecule has 5 nitrogen and oxygen atoms in total. The van der Waals surface area contributed by atoms with Crippen LogP contribution in [0.15, 0.2) is 0 Å². The summed E-state index contributed by atoms with van der Waals surface area (Å²) in [7, 11) is 0. The van der Waals surface area contributed by atoms with Gasteiger partial charge >= 0.3 is 12.4 Å². The zero-order valence-electron chi connectivity index (χ0n) is 9.72. The number of rotatable bonds is 0. The first-order valence-electron chi connectivity index (χ1n) is 5.17. The van der Waals surface area contributed by atoms with E-state index in [0.29, 0.717) is 30.9 Å². The molecule has 1 aliphatic rings. The number of carbonyl (C=O) groups is 1. The molecule has 0 unspecified atom stereocenters. The number of aldehydes is 1. The van der Waals surface area contributed by atoms with Gasteiger partial charge in [0.15, 0.2) is 0 Å². The summed E-state index contributed by atoms with van der Waals surface area (Å²) in [6.45, 7) is 1.07. The molecule has 1 N–H and O–H groups in total. The van der Waals surface area contributed by atoms with E-state index in [-0.39, 0.29) is 0 Å². The summed E-state index contributed by atoms with van der Waals surface area (Å²) < 4.78 is 67.8. The second kappa shape index (κ2) is 6.11. The average molecular weight is 302 g/mol. The number of halogens is 6. The Morgan fingerprint density at radius 1 is 1.05 bits per heavy atom. The van der Waals surface area contributed by atoms with E-state index < -0.39 is 24.5 Å². The van der Waals surface area contributed by atoms with Gasteiger partial charge < -0.3 is 5.32 Å². The summed E-state index contributed by atoms with van der Waals surface area (Å²) in [6.07, 6.45) is -9.74. The molecular weight excluding hydrogens is 294 g/mol. The van der Waals surface area contributed by atoms with Crippen molar-refractivity contribution in [1.29, 1.82) is 0 Å². The minimum atomic E-state index is -4.64. The lowest BCUT2D eigenvalue weighted by molar-refractivity contribution is -0.156. The minimum absolute atomic E-state index is 0.395. The third kappa shape index (κ3) is 5.07. The zero-order valence-corrected chi connectivity index (χ0v) is 9.72. The van der Waals surface area contributed by atoms with Crippen molar-refractivity contribution in [3.05, 3.63) is 17.2 Å². The van der Waals surface area contributed by atoms with Crippen molar-refractivity contribution in [2.24, 2.45) is 0 Å². The van der Waals surface area contributed by atoms with Crippen LogP contribution >= 0.6 is 0 Å². The fraction of sp³-hybridized carbons (Fsp3) is 0.556. The average Bonchev–Trinajstić information content (AvgIpc) is 2.37. The van der Waals surface area contributed by atoms with Crippen LogP contribution < -0.4 is 5.32 Å². The Morgan fingerprint density at radius 2 is 1.65 bits per heavy atom. The van der Waals surface area contributed by atoms with Crippen LogP contribution in [0.1, 0.15) is 17.2 Å². The lowest BCUT2D eigenvalue weighted by Crippen LogP contribution is -2.28. The molecule has 112 valence electrons. The number of nitrogens with zero attached hydrogens (tertiary/aromatic N) is 3. The van der Waals surface area contributed by atoms with Gasteiger partial charge in [-0.3, -0.25) is 4.79 Å². The lowest BCUT2D eigenvalue weighted by atomic mass is 10.2. The van der Waals surface area contributed by atoms with Gasteiger partial charge in [-0.05, 0) is 0 Å². The lowest BCUT2D eigenvalue weighted by Gasteiger charge is -2.15. The summed E-state index contributed by atoms with van der Waals surface area (Å²) >= 11 is 0. The van der Waals surface area contributed by atoms with Gasteiger partial charge in [0, 0.05) is 19.5 Å². The molecule has 0 aromatic carbocycles. The maximum atomic E-state index is 12.2. The fourth-order valence-electron chi connectivity index (χ4n) is 1.25. The van der Waals surface area contributed by atoms with Gasteiger partial charge in [-0.1, -0.05) is 0 Å². The third-order valence-corrected chi connectivity index (χ3v) is 2.06. The van der Waals surface area contributed by atoms with Crippen LogP contribution in [-0.4, -0.2) is 34.2 Å². The number of hydrogen-bond donors (Lipinski definition) is 1. The smallest absolute Gasteiger partial charge is 0.311 e. The summed E-state index contributed by atoms with van der Waals surface area (Å²) in [5.74, 6) is -1.15. The minimum Gasteiger partial charge on any atom is -0.311 e. The highest BCUT2D eigenvalue weighted by atomic mass is 19.4. The molecule has 2 heterocycles. The van der Waals surface area contributed by atoms with E-state index in [1.54, 1.807) is 0 Å². The Balaban J connectivity index is 0.000000286. The van der Waals surface area contributed by atoms with E-state index >= 15 is 0 Å². The largest absolute Gasteiger partial charge is 0.453 e. The highest BCUT2D eigenvalue weighted by Crippen LogP contribution is 2.26. The van der Waals surface area contributed by atoms with E-state index in [4.69, 9.17) is 4.79 Å². The standard InChI is InChI=1S/C7H7F3N4.C2HF3O/c8-7(9,10)6-12-4-1-2-11-3-5(4)13-14-6;3-2(4,5)1-6/h11H,1-3H2;1H. The van der Waals surface area contributed by atoms with Crippen molar-refractivity contribution in [1.82, 2.24) is 20.5 Å². The van der Waals surface area contributed by atoms with E-state index in [0.717, 1.165) is 0 Å². The van der Waals surface area contributed by atoms with Crippen molar-refractivity contribution in [2.45, 2.75) is 25.3 Å². The number of carbonyl (C=O) groups excluding carboxylic acids is 1. The van der Waals surface area contributed by atoms with Crippen molar-refractivity contribution in [2.75, 3.05) is 6.54 Å². The molecule has 0 radical (unpaired) electrons. The number of fused-ring (bicyclic) bond motifs is 1. The first kappa shape index (κ1) is 16.3. The first-order chi connectivity index (χ1) is 9.13. The molecular formula is C9H8F6N4O. The van der Waals surface area contributed by atoms with Gasteiger partial charge in [0.1, 0.15) is 0 Å². The van der Waals surface area contributed by atoms with Gasteiger partial charge in [0.25, 0.3) is 5.82 Å². The predicted octanol–water partition coefficient (Wildman–Crippen LogP) is 1.28. The summed E-state index contributed by atoms with van der Waals surface area (Å²) in [6, 6.07) is 0. The molecule has 0 saturated heterocycles. The molecule has 0 aliphatic carbocycles. The van der Waals surface area contributed by atoms with E-state index in [9.17, 15) is 26.3 Å². The Bertz CT molecular complexity index is 472. The third-order valence-electron chi connectivity index (χ3n) is 2.06. The van der Waals surface area contributed by atoms with Crippen LogP contribution in [0.25, 0.3) is 0 Å². The molecule has 1 aliphatic heterocycles. The Kier molecular flexibility index (Phi) is 4.98. The van der Waals surface area contributed by atoms with E-state index in [1.165, 1.54) is 0 Å². The number of nitrogens with one attached hydrogen (secondary N) is 1. The molecule has 1 aromatic heterocycles. The molecule has 0 saturated carbocycles. The first-order valence-corrected chi connectivity index (χ1v) is 5.17. The van der Waals surface area contributed by atoms with E-state index in [2.05, 4.69) is 20.5 Å². The highest BCUT2D eigenvalue weighted by Gasteiger charge is 2.36. The number of alkyl halides is 6. The van der Waals surface area contributed by atoms with Crippen LogP contribution in [0.4, 0.5) is 26.3 Å². The second-order valence-electron chi connectivity index (χ2n) is 3.61. The normalized spacial score (nSPS) is 14.9. The van der Waals surface area contributed by atoms with Crippen molar-refractivity contribution < 1.29 is 31.1 Å². The van der Waals surface area contributed by atoms with Crippen LogP contribution in [0.3, 0.4) is 0 Å². The van der Waals surface area contributed by atoms with Gasteiger partial charge in [0.05, 0.1) is 11.4 Å². The highest BCUT2D eigenvalue weighted by molar-refractivity contribution is 5.56. The number of aromatic nitrogens is 3. The Morgan fingerprint density at radius 3 is 2.15 bits per heavy atom. The molecule has 20 heavy (non-hydrogen) atoms. The van der Waals surface area contributed by atoms with Crippen molar-refractivity contribution >= 4 is 6.29 Å². The van der Waals surface area contributed by atoms with Crippen molar-refractivity contribution in [3.8, 4) is 0 Å². The van der Waals surface area contributed by atoms with Gasteiger partial charge in [-0.15, -0.1) is 5.10 Å². The molecule has 1 aromatic rings. The molecule has 0 bridgehead atoms. The zero-order chi connectivity index (χ0) is 15.4. The molecule has 0 atom stereocenters. The molecule has 0 amide bonds. The quantitative estimate of drug-likeness (QED) is 0.577. The molecule has 0 spiro atoms. The van der Waals surface area contributed by atoms with Gasteiger partial charge in [0.2, 0.25) is 6.29 Å².